The van der Waals surface area contributed by atoms with Crippen molar-refractivity contribution in [3.05, 3.63) is 47.7 Å². The number of likely N-dealkylation sites (tertiary alicyclic amines) is 1. The Hall–Kier alpha value is -2.48. The number of aromatic nitrogens is 1. The van der Waals surface area contributed by atoms with E-state index in [1.807, 2.05) is 18.2 Å². The molecule has 0 aliphatic carbocycles. The lowest BCUT2D eigenvalue weighted by molar-refractivity contribution is 0.0985. The molecule has 1 aromatic carbocycles. The molecule has 7 nitrogen and oxygen atoms in total. The Morgan fingerprint density at radius 1 is 1.20 bits per heavy atom. The van der Waals surface area contributed by atoms with Gasteiger partial charge in [0.05, 0.1) is 23.5 Å². The SMILES string of the molecule is CN1CCCC1CCCNCC(=O)c1ccc2c(n1)Nc1ccccc1C(=O)N2.Cl. The molecule has 1 amide bonds. The molecule has 2 aromatic rings. The van der Waals surface area contributed by atoms with Crippen LogP contribution in [0.3, 0.4) is 0 Å². The fourth-order valence-electron chi connectivity index (χ4n) is 4.02. The van der Waals surface area contributed by atoms with Gasteiger partial charge in [0, 0.05) is 6.04 Å². The quantitative estimate of drug-likeness (QED) is 0.461. The van der Waals surface area contributed by atoms with Gasteiger partial charge >= 0.3 is 0 Å². The number of carbonyl (C=O) groups is 2. The molecule has 2 aliphatic rings. The van der Waals surface area contributed by atoms with E-state index in [4.69, 9.17) is 0 Å². The fraction of sp³-hybridized carbons (Fsp3) is 0.409. The van der Waals surface area contributed by atoms with Crippen LogP contribution >= 0.6 is 12.4 Å². The molecule has 2 aliphatic heterocycles. The van der Waals surface area contributed by atoms with Gasteiger partial charge < -0.3 is 20.9 Å². The second-order valence-corrected chi connectivity index (χ2v) is 7.74. The van der Waals surface area contributed by atoms with E-state index in [2.05, 4.69) is 32.9 Å². The highest BCUT2D eigenvalue weighted by Gasteiger charge is 2.21. The van der Waals surface area contributed by atoms with Crippen molar-refractivity contribution >= 4 is 41.3 Å². The molecule has 0 bridgehead atoms. The molecule has 1 fully saturated rings. The molecule has 3 N–H and O–H groups in total. The number of amides is 1. The molecule has 30 heavy (non-hydrogen) atoms. The minimum absolute atomic E-state index is 0. The highest BCUT2D eigenvalue weighted by atomic mass is 35.5. The van der Waals surface area contributed by atoms with Crippen LogP contribution in [0.25, 0.3) is 0 Å². The van der Waals surface area contributed by atoms with E-state index in [-0.39, 0.29) is 30.6 Å². The second-order valence-electron chi connectivity index (χ2n) is 7.74. The van der Waals surface area contributed by atoms with E-state index in [0.29, 0.717) is 34.5 Å². The summed E-state index contributed by atoms with van der Waals surface area (Å²) in [6.07, 6.45) is 4.79. The lowest BCUT2D eigenvalue weighted by Crippen LogP contribution is -2.28. The molecule has 1 atom stereocenters. The number of nitrogens with one attached hydrogen (secondary N) is 3. The Labute approximate surface area is 183 Å². The maximum atomic E-state index is 12.5. The second kappa shape index (κ2) is 10.0. The summed E-state index contributed by atoms with van der Waals surface area (Å²) in [6, 6.07) is 11.3. The summed E-state index contributed by atoms with van der Waals surface area (Å²) in [5, 5.41) is 9.25. The van der Waals surface area contributed by atoms with Crippen molar-refractivity contribution in [2.45, 2.75) is 31.7 Å². The fourth-order valence-corrected chi connectivity index (χ4v) is 4.02. The zero-order valence-corrected chi connectivity index (χ0v) is 17.9. The van der Waals surface area contributed by atoms with Crippen molar-refractivity contribution in [2.24, 2.45) is 0 Å². The number of hydrogen-bond donors (Lipinski definition) is 3. The monoisotopic (exact) mass is 429 g/mol. The number of benzene rings is 1. The number of nitrogens with zero attached hydrogens (tertiary/aromatic N) is 2. The predicted octanol–water partition coefficient (Wildman–Crippen LogP) is 3.46. The Morgan fingerprint density at radius 3 is 2.83 bits per heavy atom. The molecule has 1 unspecified atom stereocenters. The number of ketones is 1. The van der Waals surface area contributed by atoms with E-state index < -0.39 is 0 Å². The van der Waals surface area contributed by atoms with Crippen LogP contribution in [-0.2, 0) is 0 Å². The summed E-state index contributed by atoms with van der Waals surface area (Å²) in [5.41, 5.74) is 2.17. The van der Waals surface area contributed by atoms with Gasteiger partial charge in [-0.3, -0.25) is 9.59 Å². The predicted molar refractivity (Wildman–Crippen MR) is 121 cm³/mol. The van der Waals surface area contributed by atoms with E-state index >= 15 is 0 Å². The van der Waals surface area contributed by atoms with Crippen LogP contribution in [0.4, 0.5) is 17.2 Å². The number of anilines is 3. The number of halogens is 1. The summed E-state index contributed by atoms with van der Waals surface area (Å²) < 4.78 is 0. The third kappa shape index (κ3) is 4.98. The summed E-state index contributed by atoms with van der Waals surface area (Å²) in [7, 11) is 2.19. The highest BCUT2D eigenvalue weighted by molar-refractivity contribution is 6.12. The molecule has 1 saturated heterocycles. The van der Waals surface area contributed by atoms with E-state index in [1.165, 1.54) is 19.4 Å². The summed E-state index contributed by atoms with van der Waals surface area (Å²) >= 11 is 0. The minimum Gasteiger partial charge on any atom is -0.338 e. The first-order chi connectivity index (χ1) is 14.1. The first-order valence-corrected chi connectivity index (χ1v) is 10.2. The van der Waals surface area contributed by atoms with Crippen LogP contribution in [0.2, 0.25) is 0 Å². The Kier molecular flexibility index (Phi) is 7.42. The van der Waals surface area contributed by atoms with Crippen molar-refractivity contribution in [3.63, 3.8) is 0 Å². The average Bonchev–Trinajstić information content (AvgIpc) is 3.07. The van der Waals surface area contributed by atoms with E-state index in [9.17, 15) is 9.59 Å². The topological polar surface area (TPSA) is 86.4 Å². The molecule has 8 heteroatoms. The summed E-state index contributed by atoms with van der Waals surface area (Å²) in [6.45, 7) is 2.28. The number of rotatable bonds is 7. The molecule has 4 rings (SSSR count). The molecular weight excluding hydrogens is 402 g/mol. The van der Waals surface area contributed by atoms with Gasteiger partial charge in [-0.05, 0) is 70.1 Å². The van der Waals surface area contributed by atoms with Gasteiger partial charge in [-0.2, -0.15) is 0 Å². The molecule has 160 valence electrons. The Morgan fingerprint density at radius 2 is 2.03 bits per heavy atom. The van der Waals surface area contributed by atoms with Gasteiger partial charge in [-0.15, -0.1) is 12.4 Å². The molecular formula is C22H28ClN5O2. The maximum Gasteiger partial charge on any atom is 0.257 e. The number of hydrogen-bond acceptors (Lipinski definition) is 6. The third-order valence-corrected chi connectivity index (χ3v) is 5.70. The van der Waals surface area contributed by atoms with Gasteiger partial charge in [0.2, 0.25) is 0 Å². The standard InChI is InChI=1S/C22H27N5O2.ClH/c1-27-13-5-7-15(27)6-4-12-23-14-20(28)18-10-11-19-21(25-18)24-17-9-3-2-8-16(17)22(29)26-19;/h2-3,8-11,15,23H,4-7,12-14H2,1H3,(H,24,25)(H,26,29);1H. The Bertz CT molecular complexity index is 920. The first kappa shape index (κ1) is 22.2. The van der Waals surface area contributed by atoms with Crippen LogP contribution in [0.1, 0.15) is 46.5 Å². The van der Waals surface area contributed by atoms with Gasteiger partial charge in [-0.25, -0.2) is 4.98 Å². The van der Waals surface area contributed by atoms with Crippen LogP contribution in [-0.4, -0.2) is 54.3 Å². The zero-order valence-electron chi connectivity index (χ0n) is 17.1. The highest BCUT2D eigenvalue weighted by Crippen LogP contribution is 2.30. The van der Waals surface area contributed by atoms with Crippen LogP contribution < -0.4 is 16.0 Å². The van der Waals surface area contributed by atoms with Gasteiger partial charge in [0.25, 0.3) is 5.91 Å². The van der Waals surface area contributed by atoms with Crippen molar-refractivity contribution < 1.29 is 9.59 Å². The number of Topliss-reactive ketones (excluding diaryl/α,β-unsaturated/α-hetero) is 1. The first-order valence-electron chi connectivity index (χ1n) is 10.2. The lowest BCUT2D eigenvalue weighted by Gasteiger charge is -2.19. The zero-order chi connectivity index (χ0) is 20.2. The third-order valence-electron chi connectivity index (χ3n) is 5.70. The number of fused-ring (bicyclic) bond motifs is 2. The molecule has 1 aromatic heterocycles. The van der Waals surface area contributed by atoms with Crippen LogP contribution in [0.15, 0.2) is 36.4 Å². The number of carbonyl (C=O) groups excluding carboxylic acids is 2. The van der Waals surface area contributed by atoms with Gasteiger partial charge in [-0.1, -0.05) is 12.1 Å². The van der Waals surface area contributed by atoms with Crippen LogP contribution in [0, 0.1) is 0 Å². The molecule has 3 heterocycles. The Balaban J connectivity index is 0.00000256. The van der Waals surface area contributed by atoms with Gasteiger partial charge in [0.15, 0.2) is 11.6 Å². The number of pyridine rings is 1. The van der Waals surface area contributed by atoms with Gasteiger partial charge in [0.1, 0.15) is 5.69 Å². The summed E-state index contributed by atoms with van der Waals surface area (Å²) in [4.78, 5) is 31.8. The molecule has 0 radical (unpaired) electrons. The maximum absolute atomic E-state index is 12.5. The normalized spacial score (nSPS) is 17.8. The van der Waals surface area contributed by atoms with Crippen molar-refractivity contribution in [1.82, 2.24) is 15.2 Å². The number of para-hydroxylation sites is 1. The van der Waals surface area contributed by atoms with Crippen molar-refractivity contribution in [3.8, 4) is 0 Å². The molecule has 0 spiro atoms. The summed E-state index contributed by atoms with van der Waals surface area (Å²) in [5.74, 6) is 0.233. The van der Waals surface area contributed by atoms with Crippen molar-refractivity contribution in [1.29, 1.82) is 0 Å². The average molecular weight is 430 g/mol. The van der Waals surface area contributed by atoms with Crippen molar-refractivity contribution in [2.75, 3.05) is 37.3 Å². The smallest absolute Gasteiger partial charge is 0.257 e. The van der Waals surface area contributed by atoms with Crippen LogP contribution in [0.5, 0.6) is 0 Å². The lowest BCUT2D eigenvalue weighted by atomic mass is 10.1. The molecule has 0 saturated carbocycles. The minimum atomic E-state index is -0.192. The van der Waals surface area contributed by atoms with E-state index in [0.717, 1.165) is 19.4 Å². The van der Waals surface area contributed by atoms with E-state index in [1.54, 1.807) is 18.2 Å². The largest absolute Gasteiger partial charge is 0.338 e.